The molecule has 0 amide bonds. The Morgan fingerprint density at radius 1 is 1.33 bits per heavy atom. The molecule has 2 rings (SSSR count). The molecule has 21 heavy (non-hydrogen) atoms. The minimum atomic E-state index is 0.372. The molecule has 0 aliphatic heterocycles. The van der Waals surface area contributed by atoms with Gasteiger partial charge in [-0.15, -0.1) is 0 Å². The number of nitrogens with one attached hydrogen (secondary N) is 1. The van der Waals surface area contributed by atoms with E-state index in [-0.39, 0.29) is 0 Å². The van der Waals surface area contributed by atoms with Crippen molar-refractivity contribution < 1.29 is 4.74 Å². The van der Waals surface area contributed by atoms with Crippen LogP contribution >= 0.6 is 15.9 Å². The lowest BCUT2D eigenvalue weighted by molar-refractivity contribution is 0.102. The van der Waals surface area contributed by atoms with Crippen LogP contribution in [0.15, 0.2) is 22.7 Å². The maximum Gasteiger partial charge on any atom is 0.133 e. The highest BCUT2D eigenvalue weighted by Gasteiger charge is 2.23. The van der Waals surface area contributed by atoms with Gasteiger partial charge in [0.2, 0.25) is 0 Å². The normalized spacial score (nSPS) is 23.8. The third kappa shape index (κ3) is 4.72. The van der Waals surface area contributed by atoms with Crippen LogP contribution in [0.3, 0.4) is 0 Å². The highest BCUT2D eigenvalue weighted by Crippen LogP contribution is 2.33. The first-order valence-electron chi connectivity index (χ1n) is 8.31. The molecule has 3 atom stereocenters. The molecule has 0 spiro atoms. The summed E-state index contributed by atoms with van der Waals surface area (Å²) in [6.07, 6.45) is 6.65. The third-order valence-electron chi connectivity index (χ3n) is 4.47. The average Bonchev–Trinajstić information content (AvgIpc) is 2.49. The lowest BCUT2D eigenvalue weighted by Crippen LogP contribution is -2.28. The van der Waals surface area contributed by atoms with Gasteiger partial charge in [0, 0.05) is 6.04 Å². The van der Waals surface area contributed by atoms with E-state index in [0.717, 1.165) is 23.2 Å². The first-order valence-corrected chi connectivity index (χ1v) is 9.10. The molecule has 1 saturated carbocycles. The van der Waals surface area contributed by atoms with Crippen molar-refractivity contribution in [3.05, 3.63) is 28.2 Å². The van der Waals surface area contributed by atoms with E-state index in [1.165, 1.54) is 31.2 Å². The van der Waals surface area contributed by atoms with Gasteiger partial charge in [0.15, 0.2) is 0 Å². The molecule has 0 heterocycles. The zero-order chi connectivity index (χ0) is 15.2. The first kappa shape index (κ1) is 16.8. The molecule has 1 N–H and O–H groups in total. The van der Waals surface area contributed by atoms with Crippen LogP contribution in [-0.4, -0.2) is 12.6 Å². The molecular formula is C18H28BrNO. The van der Waals surface area contributed by atoms with Crippen LogP contribution in [0.5, 0.6) is 5.75 Å². The van der Waals surface area contributed by atoms with Gasteiger partial charge in [-0.3, -0.25) is 0 Å². The summed E-state index contributed by atoms with van der Waals surface area (Å²) in [5.74, 6) is 1.65. The van der Waals surface area contributed by atoms with Gasteiger partial charge < -0.3 is 10.1 Å². The molecule has 1 aromatic rings. The lowest BCUT2D eigenvalue weighted by Gasteiger charge is -2.29. The van der Waals surface area contributed by atoms with Crippen LogP contribution in [0.4, 0.5) is 0 Å². The molecule has 3 heteroatoms. The Morgan fingerprint density at radius 3 is 2.76 bits per heavy atom. The van der Waals surface area contributed by atoms with Crippen molar-refractivity contribution >= 4 is 15.9 Å². The maximum atomic E-state index is 6.25. The Labute approximate surface area is 137 Å². The number of hydrogen-bond acceptors (Lipinski definition) is 2. The van der Waals surface area contributed by atoms with Crippen LogP contribution in [0.2, 0.25) is 0 Å². The third-order valence-corrected chi connectivity index (χ3v) is 5.09. The molecule has 2 nitrogen and oxygen atoms in total. The van der Waals surface area contributed by atoms with Gasteiger partial charge in [-0.2, -0.15) is 0 Å². The summed E-state index contributed by atoms with van der Waals surface area (Å²) in [5, 5.41) is 3.52. The molecule has 118 valence electrons. The molecule has 0 saturated heterocycles. The minimum absolute atomic E-state index is 0.372. The van der Waals surface area contributed by atoms with Crippen LogP contribution in [-0.2, 0) is 0 Å². The van der Waals surface area contributed by atoms with E-state index in [0.29, 0.717) is 18.1 Å². The molecule has 0 aromatic heterocycles. The topological polar surface area (TPSA) is 21.3 Å². The van der Waals surface area contributed by atoms with Gasteiger partial charge in [0.05, 0.1) is 4.47 Å². The van der Waals surface area contributed by atoms with Crippen LogP contribution in [0, 0.1) is 5.92 Å². The molecule has 1 fully saturated rings. The van der Waals surface area contributed by atoms with E-state index in [9.17, 15) is 0 Å². The molecule has 3 unspecified atom stereocenters. The second-order valence-corrected chi connectivity index (χ2v) is 7.14. The van der Waals surface area contributed by atoms with Gasteiger partial charge in [-0.25, -0.2) is 0 Å². The SMILES string of the molecule is CCCNC(C)c1ccc(OC2CCCCC2C)c(Br)c1. The zero-order valence-electron chi connectivity index (χ0n) is 13.5. The first-order chi connectivity index (χ1) is 10.1. The van der Waals surface area contributed by atoms with Gasteiger partial charge in [-0.1, -0.05) is 26.3 Å². The maximum absolute atomic E-state index is 6.25. The molecule has 1 aromatic carbocycles. The molecule has 1 aliphatic carbocycles. The lowest BCUT2D eigenvalue weighted by atomic mass is 9.88. The van der Waals surface area contributed by atoms with Crippen molar-refractivity contribution in [1.82, 2.24) is 5.32 Å². The van der Waals surface area contributed by atoms with E-state index in [1.54, 1.807) is 0 Å². The molecular weight excluding hydrogens is 326 g/mol. The summed E-state index contributed by atoms with van der Waals surface area (Å²) in [6, 6.07) is 6.87. The summed E-state index contributed by atoms with van der Waals surface area (Å²) in [7, 11) is 0. The van der Waals surface area contributed by atoms with Gasteiger partial charge >= 0.3 is 0 Å². The average molecular weight is 354 g/mol. The van der Waals surface area contributed by atoms with Crippen molar-refractivity contribution in [3.8, 4) is 5.75 Å². The van der Waals surface area contributed by atoms with Gasteiger partial charge in [0.1, 0.15) is 11.9 Å². The summed E-state index contributed by atoms with van der Waals surface area (Å²) >= 11 is 3.68. The van der Waals surface area contributed by atoms with E-state index in [2.05, 4.69) is 60.2 Å². The molecule has 0 radical (unpaired) electrons. The highest BCUT2D eigenvalue weighted by molar-refractivity contribution is 9.10. The Balaban J connectivity index is 2.01. The van der Waals surface area contributed by atoms with Crippen LogP contribution < -0.4 is 10.1 Å². The summed E-state index contributed by atoms with van der Waals surface area (Å²) in [4.78, 5) is 0. The summed E-state index contributed by atoms with van der Waals surface area (Å²) < 4.78 is 7.32. The van der Waals surface area contributed by atoms with Crippen molar-refractivity contribution in [2.24, 2.45) is 5.92 Å². The fraction of sp³-hybridized carbons (Fsp3) is 0.667. The standard InChI is InChI=1S/C18H28BrNO/c1-4-11-20-14(3)15-9-10-18(16(19)12-15)21-17-8-6-5-7-13(17)2/h9-10,12-14,17,20H,4-8,11H2,1-3H3. The van der Waals surface area contributed by atoms with E-state index in [1.807, 2.05) is 0 Å². The number of hydrogen-bond donors (Lipinski definition) is 1. The number of halogens is 1. The highest BCUT2D eigenvalue weighted by atomic mass is 79.9. The molecule has 1 aliphatic rings. The largest absolute Gasteiger partial charge is 0.489 e. The Hall–Kier alpha value is -0.540. The molecule has 0 bridgehead atoms. The summed E-state index contributed by atoms with van der Waals surface area (Å²) in [6.45, 7) is 7.76. The number of ether oxygens (including phenoxy) is 1. The quantitative estimate of drug-likeness (QED) is 0.732. The van der Waals surface area contributed by atoms with Crippen molar-refractivity contribution in [2.45, 2.75) is 65.0 Å². The second kappa shape index (κ2) is 8.19. The zero-order valence-corrected chi connectivity index (χ0v) is 15.1. The van der Waals surface area contributed by atoms with E-state index in [4.69, 9.17) is 4.74 Å². The van der Waals surface area contributed by atoms with Crippen molar-refractivity contribution in [3.63, 3.8) is 0 Å². The fourth-order valence-corrected chi connectivity index (χ4v) is 3.47. The predicted molar refractivity (Wildman–Crippen MR) is 92.9 cm³/mol. The Morgan fingerprint density at radius 2 is 2.10 bits per heavy atom. The van der Waals surface area contributed by atoms with Crippen LogP contribution in [0.1, 0.15) is 64.5 Å². The fourth-order valence-electron chi connectivity index (χ4n) is 2.98. The predicted octanol–water partition coefficient (Wildman–Crippen LogP) is 5.47. The van der Waals surface area contributed by atoms with Crippen molar-refractivity contribution in [2.75, 3.05) is 6.54 Å². The minimum Gasteiger partial charge on any atom is -0.489 e. The Bertz CT molecular complexity index is 449. The van der Waals surface area contributed by atoms with E-state index >= 15 is 0 Å². The number of rotatable bonds is 6. The van der Waals surface area contributed by atoms with Gasteiger partial charge in [-0.05, 0) is 78.7 Å². The number of benzene rings is 1. The Kier molecular flexibility index (Phi) is 6.56. The van der Waals surface area contributed by atoms with Crippen molar-refractivity contribution in [1.29, 1.82) is 0 Å². The van der Waals surface area contributed by atoms with Crippen LogP contribution in [0.25, 0.3) is 0 Å². The van der Waals surface area contributed by atoms with Gasteiger partial charge in [0.25, 0.3) is 0 Å². The summed E-state index contributed by atoms with van der Waals surface area (Å²) in [5.41, 5.74) is 1.30. The monoisotopic (exact) mass is 353 g/mol. The smallest absolute Gasteiger partial charge is 0.133 e. The van der Waals surface area contributed by atoms with E-state index < -0.39 is 0 Å². The second-order valence-electron chi connectivity index (χ2n) is 6.28.